The van der Waals surface area contributed by atoms with Gasteiger partial charge in [-0.15, -0.1) is 0 Å². The van der Waals surface area contributed by atoms with Gasteiger partial charge in [0.25, 0.3) is 5.91 Å². The molecule has 3 heterocycles. The van der Waals surface area contributed by atoms with E-state index >= 15 is 0 Å². The number of rotatable bonds is 8. The summed E-state index contributed by atoms with van der Waals surface area (Å²) in [6.07, 6.45) is -3.94. The van der Waals surface area contributed by atoms with E-state index in [1.807, 2.05) is 6.07 Å². The molecule has 0 radical (unpaired) electrons. The molecule has 1 unspecified atom stereocenters. The third-order valence-corrected chi connectivity index (χ3v) is 4.76. The monoisotopic (exact) mass is 491 g/mol. The van der Waals surface area contributed by atoms with Crippen LogP contribution in [0.4, 0.5) is 34.9 Å². The number of nitriles is 1. The Morgan fingerprint density at radius 2 is 1.89 bits per heavy atom. The second kappa shape index (κ2) is 10.1. The molecule has 3 rings (SSSR count). The van der Waals surface area contributed by atoms with Crippen molar-refractivity contribution in [2.75, 3.05) is 23.7 Å². The van der Waals surface area contributed by atoms with Crippen molar-refractivity contribution in [2.24, 2.45) is 0 Å². The number of anilines is 3. The van der Waals surface area contributed by atoms with E-state index in [-0.39, 0.29) is 22.9 Å². The molecule has 35 heavy (non-hydrogen) atoms. The van der Waals surface area contributed by atoms with Gasteiger partial charge in [-0.3, -0.25) is 9.78 Å². The van der Waals surface area contributed by atoms with Crippen LogP contribution in [-0.4, -0.2) is 57.0 Å². The average Bonchev–Trinajstić information content (AvgIpc) is 2.79. The molecule has 0 saturated heterocycles. The number of nitrogens with zero attached hydrogens (tertiary/aromatic N) is 4. The van der Waals surface area contributed by atoms with Gasteiger partial charge in [0.1, 0.15) is 30.4 Å². The maximum absolute atomic E-state index is 14.0. The highest BCUT2D eigenvalue weighted by Gasteiger charge is 2.29. The molecule has 0 fully saturated rings. The molecule has 13 heteroatoms. The van der Waals surface area contributed by atoms with Crippen molar-refractivity contribution in [1.29, 1.82) is 5.26 Å². The third-order valence-electron chi connectivity index (χ3n) is 4.76. The second-order valence-corrected chi connectivity index (χ2v) is 8.11. The van der Waals surface area contributed by atoms with E-state index in [1.165, 1.54) is 32.2 Å². The molecule has 1 atom stereocenters. The quantitative estimate of drug-likeness (QED) is 0.352. The molecule has 4 N–H and O–H groups in total. The van der Waals surface area contributed by atoms with E-state index in [0.29, 0.717) is 16.6 Å². The molecule has 0 aliphatic rings. The number of halogens is 4. The first-order chi connectivity index (χ1) is 16.4. The van der Waals surface area contributed by atoms with Gasteiger partial charge in [-0.25, -0.2) is 14.4 Å². The zero-order valence-electron chi connectivity index (χ0n) is 18.6. The lowest BCUT2D eigenvalue weighted by molar-refractivity contribution is -0.115. The summed E-state index contributed by atoms with van der Waals surface area (Å²) >= 11 is 0. The van der Waals surface area contributed by atoms with Crippen molar-refractivity contribution in [3.8, 4) is 6.07 Å². The summed E-state index contributed by atoms with van der Waals surface area (Å²) < 4.78 is 52.4. The normalized spacial score (nSPS) is 12.6. The number of fused-ring (bicyclic) bond motifs is 1. The fraction of sp³-hybridized carbons (Fsp3) is 0.318. The molecular weight excluding hydrogens is 470 g/mol. The third kappa shape index (κ3) is 6.97. The molecule has 3 aromatic rings. The van der Waals surface area contributed by atoms with E-state index in [1.54, 1.807) is 12.1 Å². The molecular formula is C22H21F4N7O2. The van der Waals surface area contributed by atoms with Crippen molar-refractivity contribution >= 4 is 34.3 Å². The SMILES string of the molecule is CC(C)(O)C(F)CNC(=O)c1cnc(Nc2ccc3ncc(C#N)cc3n2)cc1NCC(F)(F)F. The largest absolute Gasteiger partial charge is 0.405 e. The number of aromatic nitrogens is 3. The number of carbonyl (C=O) groups excluding carboxylic acids is 1. The summed E-state index contributed by atoms with van der Waals surface area (Å²) in [7, 11) is 0. The van der Waals surface area contributed by atoms with E-state index in [9.17, 15) is 27.5 Å². The van der Waals surface area contributed by atoms with Crippen molar-refractivity contribution in [2.45, 2.75) is 31.8 Å². The first-order valence-corrected chi connectivity index (χ1v) is 10.2. The van der Waals surface area contributed by atoms with Gasteiger partial charge in [-0.2, -0.15) is 18.4 Å². The number of hydrogen-bond donors (Lipinski definition) is 4. The zero-order chi connectivity index (χ0) is 25.8. The fourth-order valence-electron chi connectivity index (χ4n) is 2.84. The smallest absolute Gasteiger partial charge is 0.387 e. The molecule has 9 nitrogen and oxygen atoms in total. The first-order valence-electron chi connectivity index (χ1n) is 10.2. The molecule has 0 aliphatic heterocycles. The Morgan fingerprint density at radius 3 is 2.54 bits per heavy atom. The van der Waals surface area contributed by atoms with Crippen LogP contribution in [-0.2, 0) is 0 Å². The molecule has 0 spiro atoms. The second-order valence-electron chi connectivity index (χ2n) is 8.11. The van der Waals surface area contributed by atoms with Crippen LogP contribution in [0.3, 0.4) is 0 Å². The zero-order valence-corrected chi connectivity index (χ0v) is 18.6. The topological polar surface area (TPSA) is 136 Å². The summed E-state index contributed by atoms with van der Waals surface area (Å²) in [5.41, 5.74) is -0.934. The number of alkyl halides is 4. The molecule has 0 aromatic carbocycles. The van der Waals surface area contributed by atoms with Gasteiger partial charge in [0.2, 0.25) is 0 Å². The van der Waals surface area contributed by atoms with Crippen molar-refractivity contribution < 1.29 is 27.5 Å². The lowest BCUT2D eigenvalue weighted by Crippen LogP contribution is -2.42. The van der Waals surface area contributed by atoms with Gasteiger partial charge in [0.15, 0.2) is 0 Å². The number of hydrogen-bond acceptors (Lipinski definition) is 8. The Hall–Kier alpha value is -4.05. The molecule has 184 valence electrons. The predicted octanol–water partition coefficient (Wildman–Crippen LogP) is 3.45. The molecule has 0 aliphatic carbocycles. The summed E-state index contributed by atoms with van der Waals surface area (Å²) in [6, 6.07) is 7.85. The van der Waals surface area contributed by atoms with Crippen molar-refractivity contribution in [3.63, 3.8) is 0 Å². The lowest BCUT2D eigenvalue weighted by atomic mass is 10.0. The molecule has 0 bridgehead atoms. The van der Waals surface area contributed by atoms with Crippen LogP contribution in [0.5, 0.6) is 0 Å². The highest BCUT2D eigenvalue weighted by molar-refractivity contribution is 5.99. The van der Waals surface area contributed by atoms with Gasteiger partial charge >= 0.3 is 6.18 Å². The number of nitrogens with one attached hydrogen (secondary N) is 3. The van der Waals surface area contributed by atoms with Crippen LogP contribution in [0, 0.1) is 11.3 Å². The van der Waals surface area contributed by atoms with E-state index in [2.05, 4.69) is 30.9 Å². The van der Waals surface area contributed by atoms with Crippen molar-refractivity contribution in [3.05, 3.63) is 47.8 Å². The Bertz CT molecular complexity index is 1270. The standard InChI is InChI=1S/C22H21F4N7O2/c1-21(2,35)17(23)10-30-20(34)13-9-29-19(6-15(13)31-11-22(24,25)26)33-18-4-3-14-16(32-18)5-12(7-27)8-28-14/h3-6,8-9,17,35H,10-11H2,1-2H3,(H,30,34)(H2,29,31,32,33). The number of carbonyl (C=O) groups is 1. The van der Waals surface area contributed by atoms with Crippen LogP contribution in [0.2, 0.25) is 0 Å². The maximum atomic E-state index is 14.0. The van der Waals surface area contributed by atoms with Crippen molar-refractivity contribution in [1.82, 2.24) is 20.3 Å². The van der Waals surface area contributed by atoms with E-state index in [0.717, 1.165) is 6.20 Å². The van der Waals surface area contributed by atoms with Gasteiger partial charge in [-0.1, -0.05) is 0 Å². The number of amides is 1. The molecule has 3 aromatic heterocycles. The van der Waals surface area contributed by atoms with Gasteiger partial charge in [0.05, 0.1) is 40.0 Å². The Balaban J connectivity index is 1.85. The Kier molecular flexibility index (Phi) is 7.35. The highest BCUT2D eigenvalue weighted by Crippen LogP contribution is 2.24. The van der Waals surface area contributed by atoms with Crippen LogP contribution in [0.15, 0.2) is 36.7 Å². The van der Waals surface area contributed by atoms with E-state index < -0.39 is 36.9 Å². The van der Waals surface area contributed by atoms with Gasteiger partial charge in [0, 0.05) is 18.5 Å². The summed E-state index contributed by atoms with van der Waals surface area (Å²) in [5.74, 6) is -0.534. The molecule has 1 amide bonds. The highest BCUT2D eigenvalue weighted by atomic mass is 19.4. The van der Waals surface area contributed by atoms with Gasteiger partial charge in [-0.05, 0) is 32.0 Å². The average molecular weight is 491 g/mol. The Labute approximate surface area is 197 Å². The van der Waals surface area contributed by atoms with Crippen LogP contribution >= 0.6 is 0 Å². The minimum Gasteiger partial charge on any atom is -0.387 e. The lowest BCUT2D eigenvalue weighted by Gasteiger charge is -2.22. The van der Waals surface area contributed by atoms with Crippen LogP contribution in [0.1, 0.15) is 29.8 Å². The number of aliphatic hydroxyl groups is 1. The maximum Gasteiger partial charge on any atom is 0.405 e. The van der Waals surface area contributed by atoms with Gasteiger partial charge < -0.3 is 21.1 Å². The van der Waals surface area contributed by atoms with Crippen LogP contribution in [0.25, 0.3) is 11.0 Å². The molecule has 0 saturated carbocycles. The van der Waals surface area contributed by atoms with E-state index in [4.69, 9.17) is 5.26 Å². The fourth-order valence-corrected chi connectivity index (χ4v) is 2.84. The minimum absolute atomic E-state index is 0.0716. The van der Waals surface area contributed by atoms with Crippen LogP contribution < -0.4 is 16.0 Å². The summed E-state index contributed by atoms with van der Waals surface area (Å²) in [5, 5.41) is 25.9. The summed E-state index contributed by atoms with van der Waals surface area (Å²) in [6.45, 7) is 0.462. The summed E-state index contributed by atoms with van der Waals surface area (Å²) in [4.78, 5) is 25.0. The Morgan fingerprint density at radius 1 is 1.14 bits per heavy atom. The predicted molar refractivity (Wildman–Crippen MR) is 120 cm³/mol. The minimum atomic E-state index is -4.57. The first kappa shape index (κ1) is 25.6. The number of pyridine rings is 3.